The van der Waals surface area contributed by atoms with Crippen LogP contribution in [-0.2, 0) is 4.79 Å². The highest BCUT2D eigenvalue weighted by Crippen LogP contribution is 2.21. The van der Waals surface area contributed by atoms with Crippen LogP contribution in [0.1, 0.15) is 18.5 Å². The SMILES string of the molecule is C[C@@H](NC(=O)CSc1ncc(-c2ccccc2)[nH]1)c1ccccc1. The summed E-state index contributed by atoms with van der Waals surface area (Å²) >= 11 is 1.40. The first-order chi connectivity index (χ1) is 11.7. The van der Waals surface area contributed by atoms with Crippen LogP contribution in [0.4, 0.5) is 0 Å². The molecule has 0 unspecified atom stereocenters. The van der Waals surface area contributed by atoms with E-state index in [-0.39, 0.29) is 11.9 Å². The van der Waals surface area contributed by atoms with E-state index in [1.807, 2.05) is 67.6 Å². The van der Waals surface area contributed by atoms with Crippen molar-refractivity contribution < 1.29 is 4.79 Å². The number of carbonyl (C=O) groups excluding carboxylic acids is 1. The van der Waals surface area contributed by atoms with E-state index < -0.39 is 0 Å². The average molecular weight is 337 g/mol. The number of nitrogens with one attached hydrogen (secondary N) is 2. The Labute approximate surface area is 145 Å². The lowest BCUT2D eigenvalue weighted by Crippen LogP contribution is -2.28. The van der Waals surface area contributed by atoms with Gasteiger partial charge in [0.1, 0.15) is 0 Å². The van der Waals surface area contributed by atoms with Crippen molar-refractivity contribution in [2.24, 2.45) is 0 Å². The molecule has 2 N–H and O–H groups in total. The standard InChI is InChI=1S/C19H19N3OS/c1-14(15-8-4-2-5-9-15)21-18(23)13-24-19-20-12-17(22-19)16-10-6-3-7-11-16/h2-12,14H,13H2,1H3,(H,20,22)(H,21,23)/t14-/m1/s1. The Hall–Kier alpha value is -2.53. The molecular formula is C19H19N3OS. The fourth-order valence-corrected chi connectivity index (χ4v) is 3.04. The van der Waals surface area contributed by atoms with Crippen LogP contribution in [0.15, 0.2) is 72.0 Å². The van der Waals surface area contributed by atoms with E-state index in [0.29, 0.717) is 5.75 Å². The zero-order valence-electron chi connectivity index (χ0n) is 13.4. The molecule has 0 bridgehead atoms. The van der Waals surface area contributed by atoms with E-state index in [1.54, 1.807) is 6.20 Å². The number of imidazole rings is 1. The maximum atomic E-state index is 12.1. The van der Waals surface area contributed by atoms with Gasteiger partial charge in [-0.1, -0.05) is 72.4 Å². The lowest BCUT2D eigenvalue weighted by molar-refractivity contribution is -0.119. The van der Waals surface area contributed by atoms with Gasteiger partial charge >= 0.3 is 0 Å². The molecular weight excluding hydrogens is 318 g/mol. The smallest absolute Gasteiger partial charge is 0.230 e. The molecule has 3 rings (SSSR count). The van der Waals surface area contributed by atoms with E-state index in [2.05, 4.69) is 15.3 Å². The first-order valence-electron chi connectivity index (χ1n) is 7.80. The predicted molar refractivity (Wildman–Crippen MR) is 97.7 cm³/mol. The second-order valence-corrected chi connectivity index (χ2v) is 6.42. The molecule has 1 amide bonds. The molecule has 0 aliphatic heterocycles. The number of H-pyrrole nitrogens is 1. The quantitative estimate of drug-likeness (QED) is 0.667. The molecule has 1 atom stereocenters. The highest BCUT2D eigenvalue weighted by Gasteiger charge is 2.11. The zero-order valence-corrected chi connectivity index (χ0v) is 14.2. The van der Waals surface area contributed by atoms with Crippen molar-refractivity contribution in [1.82, 2.24) is 15.3 Å². The number of rotatable bonds is 6. The Bertz CT molecular complexity index is 787. The Balaban J connectivity index is 1.53. The van der Waals surface area contributed by atoms with Crippen LogP contribution in [0.2, 0.25) is 0 Å². The largest absolute Gasteiger partial charge is 0.349 e. The maximum Gasteiger partial charge on any atom is 0.230 e. The van der Waals surface area contributed by atoms with E-state index >= 15 is 0 Å². The van der Waals surface area contributed by atoms with Crippen LogP contribution in [0.3, 0.4) is 0 Å². The lowest BCUT2D eigenvalue weighted by Gasteiger charge is -2.13. The number of hydrogen-bond donors (Lipinski definition) is 2. The van der Waals surface area contributed by atoms with Gasteiger partial charge in [-0.2, -0.15) is 0 Å². The fraction of sp³-hybridized carbons (Fsp3) is 0.158. The number of aromatic nitrogens is 2. The highest BCUT2D eigenvalue weighted by molar-refractivity contribution is 7.99. The Morgan fingerprint density at radius 2 is 1.79 bits per heavy atom. The monoisotopic (exact) mass is 337 g/mol. The summed E-state index contributed by atoms with van der Waals surface area (Å²) in [6.07, 6.45) is 1.79. The van der Waals surface area contributed by atoms with Crippen LogP contribution >= 0.6 is 11.8 Å². The van der Waals surface area contributed by atoms with Crippen molar-refractivity contribution >= 4 is 17.7 Å². The van der Waals surface area contributed by atoms with Crippen LogP contribution in [0, 0.1) is 0 Å². The fourth-order valence-electron chi connectivity index (χ4n) is 2.38. The van der Waals surface area contributed by atoms with Gasteiger partial charge in [0.2, 0.25) is 5.91 Å². The Morgan fingerprint density at radius 1 is 1.12 bits per heavy atom. The molecule has 24 heavy (non-hydrogen) atoms. The van der Waals surface area contributed by atoms with Gasteiger partial charge in [-0.05, 0) is 18.1 Å². The van der Waals surface area contributed by atoms with Gasteiger partial charge in [0.25, 0.3) is 0 Å². The van der Waals surface area contributed by atoms with Crippen LogP contribution in [0.25, 0.3) is 11.3 Å². The average Bonchev–Trinajstić information content (AvgIpc) is 3.10. The topological polar surface area (TPSA) is 57.8 Å². The Morgan fingerprint density at radius 3 is 2.50 bits per heavy atom. The summed E-state index contributed by atoms with van der Waals surface area (Å²) in [4.78, 5) is 19.7. The molecule has 0 spiro atoms. The number of aromatic amines is 1. The molecule has 4 nitrogen and oxygen atoms in total. The van der Waals surface area contributed by atoms with Gasteiger partial charge in [0.15, 0.2) is 5.16 Å². The number of thioether (sulfide) groups is 1. The molecule has 0 saturated carbocycles. The third-order valence-corrected chi connectivity index (χ3v) is 4.54. The molecule has 2 aromatic carbocycles. The third-order valence-electron chi connectivity index (χ3n) is 3.65. The van der Waals surface area contributed by atoms with Gasteiger partial charge in [0, 0.05) is 0 Å². The van der Waals surface area contributed by atoms with Crippen molar-refractivity contribution in [3.05, 3.63) is 72.4 Å². The van der Waals surface area contributed by atoms with E-state index in [9.17, 15) is 4.79 Å². The van der Waals surface area contributed by atoms with Crippen molar-refractivity contribution in [3.8, 4) is 11.3 Å². The van der Waals surface area contributed by atoms with Gasteiger partial charge in [0.05, 0.1) is 23.7 Å². The molecule has 3 aromatic rings. The van der Waals surface area contributed by atoms with E-state index in [1.165, 1.54) is 11.8 Å². The Kier molecular flexibility index (Phi) is 5.33. The number of hydrogen-bond acceptors (Lipinski definition) is 3. The summed E-state index contributed by atoms with van der Waals surface area (Å²) in [5.41, 5.74) is 3.13. The van der Waals surface area contributed by atoms with Gasteiger partial charge in [-0.25, -0.2) is 4.98 Å². The maximum absolute atomic E-state index is 12.1. The summed E-state index contributed by atoms with van der Waals surface area (Å²) in [5, 5.41) is 3.75. The number of amides is 1. The summed E-state index contributed by atoms with van der Waals surface area (Å²) in [6, 6.07) is 19.9. The molecule has 0 fully saturated rings. The number of carbonyl (C=O) groups is 1. The van der Waals surface area contributed by atoms with Gasteiger partial charge in [-0.15, -0.1) is 0 Å². The minimum absolute atomic E-state index is 0.00391. The summed E-state index contributed by atoms with van der Waals surface area (Å²) < 4.78 is 0. The second kappa shape index (κ2) is 7.84. The zero-order chi connectivity index (χ0) is 16.8. The van der Waals surface area contributed by atoms with Crippen LogP contribution in [-0.4, -0.2) is 21.6 Å². The number of benzene rings is 2. The second-order valence-electron chi connectivity index (χ2n) is 5.46. The van der Waals surface area contributed by atoms with E-state index in [4.69, 9.17) is 0 Å². The molecule has 5 heteroatoms. The first kappa shape index (κ1) is 16.3. The summed E-state index contributed by atoms with van der Waals surface area (Å²) in [6.45, 7) is 1.98. The van der Waals surface area contributed by atoms with Gasteiger partial charge in [-0.3, -0.25) is 4.79 Å². The minimum atomic E-state index is -0.00554. The highest BCUT2D eigenvalue weighted by atomic mass is 32.2. The summed E-state index contributed by atoms with van der Waals surface area (Å²) in [5.74, 6) is 0.327. The molecule has 0 aliphatic rings. The van der Waals surface area contributed by atoms with E-state index in [0.717, 1.165) is 22.0 Å². The molecule has 1 heterocycles. The van der Waals surface area contributed by atoms with Crippen LogP contribution < -0.4 is 5.32 Å². The molecule has 0 radical (unpaired) electrons. The lowest BCUT2D eigenvalue weighted by atomic mass is 10.1. The summed E-state index contributed by atoms with van der Waals surface area (Å²) in [7, 11) is 0. The number of nitrogens with zero attached hydrogens (tertiary/aromatic N) is 1. The molecule has 1 aromatic heterocycles. The molecule has 0 saturated heterocycles. The predicted octanol–water partition coefficient (Wildman–Crippen LogP) is 4.05. The third kappa shape index (κ3) is 4.26. The van der Waals surface area contributed by atoms with Crippen LogP contribution in [0.5, 0.6) is 0 Å². The van der Waals surface area contributed by atoms with Crippen molar-refractivity contribution in [1.29, 1.82) is 0 Å². The molecule has 122 valence electrons. The van der Waals surface area contributed by atoms with Gasteiger partial charge < -0.3 is 10.3 Å². The van der Waals surface area contributed by atoms with Crippen molar-refractivity contribution in [3.63, 3.8) is 0 Å². The minimum Gasteiger partial charge on any atom is -0.349 e. The van der Waals surface area contributed by atoms with Crippen molar-refractivity contribution in [2.45, 2.75) is 18.1 Å². The van der Waals surface area contributed by atoms with Crippen molar-refractivity contribution in [2.75, 3.05) is 5.75 Å². The first-order valence-corrected chi connectivity index (χ1v) is 8.78. The normalized spacial score (nSPS) is 11.9. The molecule has 0 aliphatic carbocycles.